The summed E-state index contributed by atoms with van der Waals surface area (Å²) in [5, 5.41) is 18.7. The molecule has 142 valence electrons. The van der Waals surface area contributed by atoms with Crippen LogP contribution in [-0.4, -0.2) is 39.1 Å². The molecule has 3 N–H and O–H groups in total. The molecule has 1 heterocycles. The SMILES string of the molecule is O=c1[nH]c(=O)n(COC(CO)CO)c(COc2c(Cl)cccc2Cl)c1I. The maximum absolute atomic E-state index is 12.1. The van der Waals surface area contributed by atoms with E-state index in [0.29, 0.717) is 0 Å². The molecule has 0 saturated carbocycles. The number of nitrogens with zero attached hydrogens (tertiary/aromatic N) is 1. The second-order valence-electron chi connectivity index (χ2n) is 5.07. The maximum atomic E-state index is 12.1. The molecule has 0 saturated heterocycles. The molecule has 0 aliphatic rings. The van der Waals surface area contributed by atoms with Crippen molar-refractivity contribution < 1.29 is 19.7 Å². The van der Waals surface area contributed by atoms with Crippen molar-refractivity contribution in [3.8, 4) is 5.75 Å². The average Bonchev–Trinajstić information content (AvgIpc) is 2.61. The lowest BCUT2D eigenvalue weighted by Gasteiger charge is -2.18. The number of para-hydroxylation sites is 1. The Bertz CT molecular complexity index is 861. The summed E-state index contributed by atoms with van der Waals surface area (Å²) in [7, 11) is 0. The number of ether oxygens (including phenoxy) is 2. The van der Waals surface area contributed by atoms with E-state index in [4.69, 9.17) is 42.9 Å². The number of aliphatic hydroxyl groups excluding tert-OH is 2. The van der Waals surface area contributed by atoms with E-state index in [2.05, 4.69) is 4.98 Å². The van der Waals surface area contributed by atoms with E-state index in [-0.39, 0.29) is 38.4 Å². The Morgan fingerprint density at radius 2 is 1.81 bits per heavy atom. The number of nitrogens with one attached hydrogen (secondary N) is 1. The van der Waals surface area contributed by atoms with Crippen molar-refractivity contribution in [2.45, 2.75) is 19.4 Å². The molecule has 1 aromatic carbocycles. The van der Waals surface area contributed by atoms with Gasteiger partial charge in [-0.2, -0.15) is 0 Å². The summed E-state index contributed by atoms with van der Waals surface area (Å²) in [6.45, 7) is -1.32. The van der Waals surface area contributed by atoms with Crippen molar-refractivity contribution in [1.82, 2.24) is 9.55 Å². The van der Waals surface area contributed by atoms with Gasteiger partial charge in [-0.05, 0) is 34.7 Å². The first-order chi connectivity index (χ1) is 12.4. The van der Waals surface area contributed by atoms with Crippen molar-refractivity contribution in [3.05, 3.63) is 58.3 Å². The monoisotopic (exact) mass is 516 g/mol. The zero-order chi connectivity index (χ0) is 19.3. The predicted octanol–water partition coefficient (Wildman–Crippen LogP) is 1.35. The van der Waals surface area contributed by atoms with Gasteiger partial charge < -0.3 is 19.7 Å². The average molecular weight is 517 g/mol. The van der Waals surface area contributed by atoms with Gasteiger partial charge >= 0.3 is 5.69 Å². The second-order valence-corrected chi connectivity index (χ2v) is 6.96. The normalized spacial score (nSPS) is 11.2. The Morgan fingerprint density at radius 3 is 2.38 bits per heavy atom. The van der Waals surface area contributed by atoms with E-state index >= 15 is 0 Å². The van der Waals surface area contributed by atoms with Gasteiger partial charge in [-0.25, -0.2) is 4.79 Å². The molecule has 0 aliphatic carbocycles. The third-order valence-electron chi connectivity index (χ3n) is 3.36. The highest BCUT2D eigenvalue weighted by Crippen LogP contribution is 2.33. The first kappa shape index (κ1) is 21.2. The van der Waals surface area contributed by atoms with Gasteiger partial charge in [0.15, 0.2) is 5.75 Å². The Morgan fingerprint density at radius 1 is 1.19 bits per heavy atom. The van der Waals surface area contributed by atoms with Crippen LogP contribution >= 0.6 is 45.8 Å². The second kappa shape index (κ2) is 9.72. The number of benzene rings is 1. The van der Waals surface area contributed by atoms with Crippen LogP contribution in [0.4, 0.5) is 0 Å². The fourth-order valence-corrected chi connectivity index (χ4v) is 3.06. The minimum absolute atomic E-state index is 0.173. The molecular weight excluding hydrogens is 502 g/mol. The maximum Gasteiger partial charge on any atom is 0.330 e. The number of hydrogen-bond donors (Lipinski definition) is 3. The van der Waals surface area contributed by atoms with Gasteiger partial charge in [0.25, 0.3) is 5.56 Å². The van der Waals surface area contributed by atoms with Crippen LogP contribution in [0, 0.1) is 3.57 Å². The van der Waals surface area contributed by atoms with E-state index in [0.717, 1.165) is 4.57 Å². The lowest BCUT2D eigenvalue weighted by molar-refractivity contribution is -0.0527. The number of halogens is 3. The minimum atomic E-state index is -0.863. The van der Waals surface area contributed by atoms with Crippen LogP contribution in [0.1, 0.15) is 5.69 Å². The molecule has 11 heteroatoms. The molecule has 0 atom stereocenters. The lowest BCUT2D eigenvalue weighted by Crippen LogP contribution is -2.37. The highest BCUT2D eigenvalue weighted by molar-refractivity contribution is 14.1. The molecular formula is C15H15Cl2IN2O6. The van der Waals surface area contributed by atoms with Gasteiger partial charge in [-0.15, -0.1) is 0 Å². The van der Waals surface area contributed by atoms with Crippen LogP contribution < -0.4 is 16.0 Å². The number of H-pyrrole nitrogens is 1. The molecule has 2 aromatic rings. The van der Waals surface area contributed by atoms with E-state index in [1.54, 1.807) is 40.8 Å². The summed E-state index contributed by atoms with van der Waals surface area (Å²) < 4.78 is 12.2. The summed E-state index contributed by atoms with van der Waals surface area (Å²) in [5.74, 6) is 0.218. The molecule has 0 amide bonds. The molecule has 26 heavy (non-hydrogen) atoms. The van der Waals surface area contributed by atoms with Gasteiger partial charge in [-0.3, -0.25) is 14.3 Å². The zero-order valence-electron chi connectivity index (χ0n) is 13.2. The van der Waals surface area contributed by atoms with Crippen molar-refractivity contribution in [1.29, 1.82) is 0 Å². The quantitative estimate of drug-likeness (QED) is 0.456. The molecule has 0 spiro atoms. The van der Waals surface area contributed by atoms with Crippen LogP contribution in [0.25, 0.3) is 0 Å². The highest BCUT2D eigenvalue weighted by atomic mass is 127. The largest absolute Gasteiger partial charge is 0.484 e. The third-order valence-corrected chi connectivity index (χ3v) is 5.07. The Hall–Kier alpha value is -1.11. The van der Waals surface area contributed by atoms with Gasteiger partial charge in [-0.1, -0.05) is 29.3 Å². The summed E-state index contributed by atoms with van der Waals surface area (Å²) in [6.07, 6.45) is -0.863. The lowest BCUT2D eigenvalue weighted by atomic mass is 10.3. The first-order valence-corrected chi connectivity index (χ1v) is 9.14. The van der Waals surface area contributed by atoms with Gasteiger partial charge in [0.05, 0.1) is 29.0 Å². The molecule has 0 radical (unpaired) electrons. The van der Waals surface area contributed by atoms with E-state index in [9.17, 15) is 9.59 Å². The number of hydrogen-bond acceptors (Lipinski definition) is 6. The van der Waals surface area contributed by atoms with Crippen LogP contribution in [0.5, 0.6) is 5.75 Å². The smallest absolute Gasteiger partial charge is 0.330 e. The minimum Gasteiger partial charge on any atom is -0.484 e. The van der Waals surface area contributed by atoms with E-state index in [1.807, 2.05) is 0 Å². The molecule has 8 nitrogen and oxygen atoms in total. The van der Waals surface area contributed by atoms with Gasteiger partial charge in [0.1, 0.15) is 23.0 Å². The fraction of sp³-hybridized carbons (Fsp3) is 0.333. The number of aliphatic hydroxyl groups is 2. The molecule has 1 aromatic heterocycles. The fourth-order valence-electron chi connectivity index (χ4n) is 1.97. The van der Waals surface area contributed by atoms with Crippen molar-refractivity contribution >= 4 is 45.8 Å². The number of aromatic nitrogens is 2. The van der Waals surface area contributed by atoms with Gasteiger partial charge in [0.2, 0.25) is 0 Å². The topological polar surface area (TPSA) is 114 Å². The zero-order valence-corrected chi connectivity index (χ0v) is 16.9. The molecule has 0 fully saturated rings. The Labute approximate surface area is 171 Å². The Balaban J connectivity index is 2.34. The molecule has 0 unspecified atom stereocenters. The van der Waals surface area contributed by atoms with Crippen LogP contribution in [0.2, 0.25) is 10.0 Å². The summed E-state index contributed by atoms with van der Waals surface area (Å²) in [6, 6.07) is 4.84. The van der Waals surface area contributed by atoms with Crippen LogP contribution in [0.3, 0.4) is 0 Å². The number of rotatable bonds is 8. The Kier molecular flexibility index (Phi) is 7.92. The van der Waals surface area contributed by atoms with Crippen LogP contribution in [-0.2, 0) is 18.1 Å². The van der Waals surface area contributed by atoms with Crippen molar-refractivity contribution in [3.63, 3.8) is 0 Å². The molecule has 0 bridgehead atoms. The number of aromatic amines is 1. The van der Waals surface area contributed by atoms with Gasteiger partial charge in [0, 0.05) is 0 Å². The molecule has 2 rings (SSSR count). The van der Waals surface area contributed by atoms with Crippen LogP contribution in [0.15, 0.2) is 27.8 Å². The highest BCUT2D eigenvalue weighted by Gasteiger charge is 2.17. The standard InChI is InChI=1S/C15H15Cl2IN2O6/c16-9-2-1-3-10(17)13(9)25-6-11-12(18)14(23)19-15(24)20(11)7-26-8(4-21)5-22/h1-3,8,21-22H,4-7H2,(H,19,23,24). The van der Waals surface area contributed by atoms with Crippen molar-refractivity contribution in [2.24, 2.45) is 0 Å². The first-order valence-electron chi connectivity index (χ1n) is 7.30. The molecule has 0 aliphatic heterocycles. The summed E-state index contributed by atoms with van der Waals surface area (Å²) >= 11 is 13.9. The third kappa shape index (κ3) is 4.99. The summed E-state index contributed by atoms with van der Waals surface area (Å²) in [4.78, 5) is 26.2. The summed E-state index contributed by atoms with van der Waals surface area (Å²) in [5.41, 5.74) is -1.05. The predicted molar refractivity (Wildman–Crippen MR) is 104 cm³/mol. The van der Waals surface area contributed by atoms with E-state index in [1.165, 1.54) is 0 Å². The van der Waals surface area contributed by atoms with E-state index < -0.39 is 30.6 Å². The van der Waals surface area contributed by atoms with Crippen molar-refractivity contribution in [2.75, 3.05) is 13.2 Å².